The Kier molecular flexibility index (Phi) is 4.23. The van der Waals surface area contributed by atoms with E-state index in [1.165, 1.54) is 0 Å². The van der Waals surface area contributed by atoms with Gasteiger partial charge in [-0.1, -0.05) is 29.4 Å². The highest BCUT2D eigenvalue weighted by molar-refractivity contribution is 5.91. The van der Waals surface area contributed by atoms with Crippen molar-refractivity contribution >= 4 is 5.91 Å². The van der Waals surface area contributed by atoms with Gasteiger partial charge in [0.2, 0.25) is 5.76 Å². The molecule has 0 saturated carbocycles. The molecule has 3 rings (SSSR count). The van der Waals surface area contributed by atoms with E-state index in [0.29, 0.717) is 12.2 Å². The number of amides is 1. The van der Waals surface area contributed by atoms with Crippen LogP contribution in [0, 0.1) is 13.8 Å². The molecule has 3 aromatic rings. The SMILES string of the molecule is Cc1cc(C(=O)NCc2cccc(Cn3ccnc3C)c2)on1. The number of hydrogen-bond donors (Lipinski definition) is 1. The number of benzene rings is 1. The maximum Gasteiger partial charge on any atom is 0.290 e. The minimum absolute atomic E-state index is 0.229. The Morgan fingerprint density at radius 1 is 1.26 bits per heavy atom. The van der Waals surface area contributed by atoms with E-state index in [9.17, 15) is 4.79 Å². The third-order valence-electron chi connectivity index (χ3n) is 3.57. The van der Waals surface area contributed by atoms with Crippen LogP contribution in [0.2, 0.25) is 0 Å². The molecule has 118 valence electrons. The first-order valence-electron chi connectivity index (χ1n) is 7.39. The largest absolute Gasteiger partial charge is 0.351 e. The molecule has 6 heteroatoms. The Morgan fingerprint density at radius 3 is 2.78 bits per heavy atom. The number of hydrogen-bond acceptors (Lipinski definition) is 4. The second-order valence-electron chi connectivity index (χ2n) is 5.44. The van der Waals surface area contributed by atoms with E-state index in [1.807, 2.05) is 25.3 Å². The molecule has 23 heavy (non-hydrogen) atoms. The molecule has 0 saturated heterocycles. The summed E-state index contributed by atoms with van der Waals surface area (Å²) in [6.45, 7) is 4.95. The van der Waals surface area contributed by atoms with Gasteiger partial charge in [-0.15, -0.1) is 0 Å². The zero-order valence-corrected chi connectivity index (χ0v) is 13.1. The molecule has 0 aliphatic carbocycles. The first-order valence-corrected chi connectivity index (χ1v) is 7.39. The minimum Gasteiger partial charge on any atom is -0.351 e. The molecule has 1 aromatic carbocycles. The predicted octanol–water partition coefficient (Wildman–Crippen LogP) is 2.47. The number of nitrogens with zero attached hydrogens (tertiary/aromatic N) is 3. The summed E-state index contributed by atoms with van der Waals surface area (Å²) in [6, 6.07) is 9.72. The van der Waals surface area contributed by atoms with Crippen molar-refractivity contribution < 1.29 is 9.32 Å². The molecule has 0 spiro atoms. The lowest BCUT2D eigenvalue weighted by molar-refractivity contribution is 0.0914. The van der Waals surface area contributed by atoms with Crippen LogP contribution in [0.1, 0.15) is 33.2 Å². The molecule has 0 atom stereocenters. The summed E-state index contributed by atoms with van der Waals surface area (Å²) in [6.07, 6.45) is 3.74. The lowest BCUT2D eigenvalue weighted by Gasteiger charge is -2.08. The van der Waals surface area contributed by atoms with Crippen molar-refractivity contribution in [3.05, 3.63) is 71.1 Å². The van der Waals surface area contributed by atoms with E-state index in [-0.39, 0.29) is 11.7 Å². The summed E-state index contributed by atoms with van der Waals surface area (Å²) in [7, 11) is 0. The van der Waals surface area contributed by atoms with E-state index in [0.717, 1.165) is 23.5 Å². The smallest absolute Gasteiger partial charge is 0.290 e. The molecule has 0 radical (unpaired) electrons. The van der Waals surface area contributed by atoms with Crippen LogP contribution in [-0.4, -0.2) is 20.6 Å². The van der Waals surface area contributed by atoms with E-state index in [2.05, 4.69) is 32.2 Å². The molecule has 1 N–H and O–H groups in total. The molecule has 6 nitrogen and oxygen atoms in total. The van der Waals surface area contributed by atoms with Crippen LogP contribution in [-0.2, 0) is 13.1 Å². The molecule has 2 aromatic heterocycles. The van der Waals surface area contributed by atoms with Crippen LogP contribution >= 0.6 is 0 Å². The van der Waals surface area contributed by atoms with Gasteiger partial charge in [0.1, 0.15) is 5.82 Å². The fourth-order valence-corrected chi connectivity index (χ4v) is 2.35. The zero-order valence-electron chi connectivity index (χ0n) is 13.1. The number of imidazole rings is 1. The van der Waals surface area contributed by atoms with Crippen LogP contribution in [0.15, 0.2) is 47.2 Å². The Labute approximate surface area is 134 Å². The van der Waals surface area contributed by atoms with Crippen molar-refractivity contribution in [1.82, 2.24) is 20.0 Å². The molecule has 0 fully saturated rings. The van der Waals surface area contributed by atoms with Gasteiger partial charge in [0.15, 0.2) is 0 Å². The van der Waals surface area contributed by atoms with Gasteiger partial charge in [-0.3, -0.25) is 4.79 Å². The van der Waals surface area contributed by atoms with Crippen LogP contribution in [0.25, 0.3) is 0 Å². The number of nitrogens with one attached hydrogen (secondary N) is 1. The normalized spacial score (nSPS) is 10.7. The summed E-state index contributed by atoms with van der Waals surface area (Å²) >= 11 is 0. The van der Waals surface area contributed by atoms with Gasteiger partial charge < -0.3 is 14.4 Å². The van der Waals surface area contributed by atoms with Gasteiger partial charge >= 0.3 is 0 Å². The summed E-state index contributed by atoms with van der Waals surface area (Å²) in [5.41, 5.74) is 2.88. The Balaban J connectivity index is 1.63. The van der Waals surface area contributed by atoms with Crippen LogP contribution in [0.3, 0.4) is 0 Å². The first-order chi connectivity index (χ1) is 11.1. The standard InChI is InChI=1S/C17H18N4O2/c1-12-8-16(23-20-12)17(22)19-10-14-4-3-5-15(9-14)11-21-7-6-18-13(21)2/h3-9H,10-11H2,1-2H3,(H,19,22). The van der Waals surface area contributed by atoms with Crippen molar-refractivity contribution in [3.63, 3.8) is 0 Å². The average Bonchev–Trinajstić information content (AvgIpc) is 3.15. The molecule has 1 amide bonds. The van der Waals surface area contributed by atoms with Gasteiger partial charge in [0, 0.05) is 31.5 Å². The molecule has 0 unspecified atom stereocenters. The summed E-state index contributed by atoms with van der Waals surface area (Å²) in [4.78, 5) is 16.2. The number of rotatable bonds is 5. The van der Waals surface area contributed by atoms with E-state index < -0.39 is 0 Å². The van der Waals surface area contributed by atoms with Gasteiger partial charge in [0.05, 0.1) is 5.69 Å². The maximum atomic E-state index is 12.0. The van der Waals surface area contributed by atoms with Crippen molar-refractivity contribution in [2.45, 2.75) is 26.9 Å². The van der Waals surface area contributed by atoms with Gasteiger partial charge in [0.25, 0.3) is 5.91 Å². The second-order valence-corrected chi connectivity index (χ2v) is 5.44. The molecule has 0 aliphatic heterocycles. The van der Waals surface area contributed by atoms with Crippen molar-refractivity contribution in [2.24, 2.45) is 0 Å². The topological polar surface area (TPSA) is 73.0 Å². The Morgan fingerprint density at radius 2 is 2.09 bits per heavy atom. The zero-order chi connectivity index (χ0) is 16.2. The molecular formula is C17H18N4O2. The fraction of sp³-hybridized carbons (Fsp3) is 0.235. The highest BCUT2D eigenvalue weighted by Crippen LogP contribution is 2.09. The second kappa shape index (κ2) is 6.48. The van der Waals surface area contributed by atoms with E-state index in [1.54, 1.807) is 19.2 Å². The lowest BCUT2D eigenvalue weighted by atomic mass is 10.1. The Hall–Kier alpha value is -2.89. The van der Waals surface area contributed by atoms with Crippen LogP contribution < -0.4 is 5.32 Å². The third kappa shape index (κ3) is 3.66. The summed E-state index contributed by atoms with van der Waals surface area (Å²) < 4.78 is 7.03. The number of aromatic nitrogens is 3. The third-order valence-corrected chi connectivity index (χ3v) is 3.57. The van der Waals surface area contributed by atoms with Crippen LogP contribution in [0.4, 0.5) is 0 Å². The van der Waals surface area contributed by atoms with E-state index >= 15 is 0 Å². The molecule has 2 heterocycles. The maximum absolute atomic E-state index is 12.0. The number of aryl methyl sites for hydroxylation is 2. The van der Waals surface area contributed by atoms with Gasteiger partial charge in [-0.25, -0.2) is 4.98 Å². The lowest BCUT2D eigenvalue weighted by Crippen LogP contribution is -2.22. The van der Waals surface area contributed by atoms with Crippen molar-refractivity contribution in [1.29, 1.82) is 0 Å². The van der Waals surface area contributed by atoms with Gasteiger partial charge in [-0.2, -0.15) is 0 Å². The van der Waals surface area contributed by atoms with E-state index in [4.69, 9.17) is 4.52 Å². The molecular weight excluding hydrogens is 292 g/mol. The number of carbonyl (C=O) groups excluding carboxylic acids is 1. The highest BCUT2D eigenvalue weighted by Gasteiger charge is 2.11. The predicted molar refractivity (Wildman–Crippen MR) is 84.9 cm³/mol. The number of carbonyl (C=O) groups is 1. The molecule has 0 aliphatic rings. The first kappa shape index (κ1) is 15.0. The van der Waals surface area contributed by atoms with Crippen LogP contribution in [0.5, 0.6) is 0 Å². The minimum atomic E-state index is -0.263. The monoisotopic (exact) mass is 310 g/mol. The van der Waals surface area contributed by atoms with Crippen molar-refractivity contribution in [2.75, 3.05) is 0 Å². The van der Waals surface area contributed by atoms with Gasteiger partial charge in [-0.05, 0) is 25.0 Å². The quantitative estimate of drug-likeness (QED) is 0.785. The summed E-state index contributed by atoms with van der Waals surface area (Å²) in [5, 5.41) is 6.55. The molecule has 0 bridgehead atoms. The summed E-state index contributed by atoms with van der Waals surface area (Å²) in [5.74, 6) is 0.943. The fourth-order valence-electron chi connectivity index (χ4n) is 2.35. The van der Waals surface area contributed by atoms with Crippen molar-refractivity contribution in [3.8, 4) is 0 Å². The highest BCUT2D eigenvalue weighted by atomic mass is 16.5. The average molecular weight is 310 g/mol. The Bertz CT molecular complexity index is 819.